The van der Waals surface area contributed by atoms with Crippen LogP contribution in [0.15, 0.2) is 18.2 Å². The lowest BCUT2D eigenvalue weighted by Crippen LogP contribution is -2.49. The molecule has 0 aromatic heterocycles. The summed E-state index contributed by atoms with van der Waals surface area (Å²) in [6.07, 6.45) is 1.52. The molecule has 4 atom stereocenters. The average Bonchev–Trinajstić information content (AvgIpc) is 3.54. The highest BCUT2D eigenvalue weighted by molar-refractivity contribution is 5.70. The van der Waals surface area contributed by atoms with Crippen LogP contribution in [-0.2, 0) is 16.0 Å². The van der Waals surface area contributed by atoms with Crippen LogP contribution in [0.5, 0.6) is 0 Å². The molecule has 37 heavy (non-hydrogen) atoms. The van der Waals surface area contributed by atoms with Crippen LogP contribution >= 0.6 is 0 Å². The molecule has 10 heteroatoms. The van der Waals surface area contributed by atoms with Crippen LogP contribution in [0.2, 0.25) is 0 Å². The monoisotopic (exact) mass is 522 g/mol. The maximum absolute atomic E-state index is 13.8. The van der Waals surface area contributed by atoms with Crippen LogP contribution in [-0.4, -0.2) is 88.4 Å². The minimum atomic E-state index is -0.565. The van der Waals surface area contributed by atoms with Crippen LogP contribution in [0.25, 0.3) is 0 Å². The Morgan fingerprint density at radius 2 is 1.51 bits per heavy atom. The summed E-state index contributed by atoms with van der Waals surface area (Å²) in [6, 6.07) is 4.84. The first kappa shape index (κ1) is 27.6. The van der Waals surface area contributed by atoms with E-state index in [2.05, 4.69) is 10.2 Å². The van der Waals surface area contributed by atoms with Crippen molar-refractivity contribution in [3.05, 3.63) is 35.4 Å². The number of nitrogens with one attached hydrogen (secondary N) is 1. The van der Waals surface area contributed by atoms with Gasteiger partial charge in [-0.2, -0.15) is 0 Å². The van der Waals surface area contributed by atoms with E-state index in [-0.39, 0.29) is 29.9 Å². The highest BCUT2D eigenvalue weighted by Crippen LogP contribution is 2.33. The lowest BCUT2D eigenvalue weighted by atomic mass is 10.1. The number of nitrogens with zero attached hydrogens (tertiary/aromatic N) is 3. The molecule has 0 aliphatic carbocycles. The van der Waals surface area contributed by atoms with Crippen molar-refractivity contribution in [3.8, 4) is 0 Å². The maximum atomic E-state index is 13.8. The van der Waals surface area contributed by atoms with Crippen molar-refractivity contribution in [3.63, 3.8) is 0 Å². The number of hydrogen-bond acceptors (Lipinski definition) is 6. The normalized spacial score (nSPS) is 26.8. The number of likely N-dealkylation sites (tertiary alicyclic amines) is 3. The zero-order valence-corrected chi connectivity index (χ0v) is 22.7. The number of ether oxygens (including phenoxy) is 2. The van der Waals surface area contributed by atoms with E-state index >= 15 is 0 Å². The zero-order valence-electron chi connectivity index (χ0n) is 22.7. The number of piperazine rings is 2. The van der Waals surface area contributed by atoms with Crippen LogP contribution < -0.4 is 5.32 Å². The third-order valence-corrected chi connectivity index (χ3v) is 7.06. The van der Waals surface area contributed by atoms with E-state index in [9.17, 15) is 18.4 Å². The number of carbonyl (C=O) groups excluding carboxylic acids is 2. The van der Waals surface area contributed by atoms with E-state index in [0.29, 0.717) is 37.3 Å². The Kier molecular flexibility index (Phi) is 7.72. The van der Waals surface area contributed by atoms with Crippen molar-refractivity contribution in [2.75, 3.05) is 26.2 Å². The third kappa shape index (κ3) is 6.90. The van der Waals surface area contributed by atoms with E-state index in [4.69, 9.17) is 9.47 Å². The molecule has 4 saturated heterocycles. The highest BCUT2D eigenvalue weighted by atomic mass is 19.1. The van der Waals surface area contributed by atoms with E-state index in [1.807, 2.05) is 46.4 Å². The third-order valence-electron chi connectivity index (χ3n) is 7.06. The largest absolute Gasteiger partial charge is 0.444 e. The first-order valence-corrected chi connectivity index (χ1v) is 13.1. The lowest BCUT2D eigenvalue weighted by Gasteiger charge is -2.35. The second-order valence-electron chi connectivity index (χ2n) is 12.5. The van der Waals surface area contributed by atoms with E-state index in [1.54, 1.807) is 4.90 Å². The molecule has 0 unspecified atom stereocenters. The summed E-state index contributed by atoms with van der Waals surface area (Å²) in [4.78, 5) is 29.7. The van der Waals surface area contributed by atoms with Crippen LogP contribution in [0.4, 0.5) is 18.4 Å². The summed E-state index contributed by atoms with van der Waals surface area (Å²) in [5, 5.41) is 3.35. The summed E-state index contributed by atoms with van der Waals surface area (Å²) in [5.74, 6) is -1.08. The summed E-state index contributed by atoms with van der Waals surface area (Å²) >= 11 is 0. The van der Waals surface area contributed by atoms with Gasteiger partial charge in [0.2, 0.25) is 0 Å². The minimum Gasteiger partial charge on any atom is -0.444 e. The van der Waals surface area contributed by atoms with Crippen LogP contribution in [0.1, 0.15) is 59.9 Å². The van der Waals surface area contributed by atoms with Crippen molar-refractivity contribution >= 4 is 12.2 Å². The molecule has 1 aromatic rings. The number of rotatable bonds is 2. The van der Waals surface area contributed by atoms with Crippen LogP contribution in [0, 0.1) is 11.6 Å². The second kappa shape index (κ2) is 10.4. The Morgan fingerprint density at radius 1 is 0.892 bits per heavy atom. The number of halogens is 2. The first-order valence-electron chi connectivity index (χ1n) is 13.1. The Morgan fingerprint density at radius 3 is 1.97 bits per heavy atom. The van der Waals surface area contributed by atoms with Gasteiger partial charge < -0.3 is 24.6 Å². The van der Waals surface area contributed by atoms with Crippen LogP contribution in [0.3, 0.4) is 0 Å². The van der Waals surface area contributed by atoms with E-state index in [1.165, 1.54) is 12.1 Å². The lowest BCUT2D eigenvalue weighted by molar-refractivity contribution is 0.0122. The fraction of sp³-hybridized carbons (Fsp3) is 0.704. The van der Waals surface area contributed by atoms with Gasteiger partial charge >= 0.3 is 12.2 Å². The molecule has 1 aromatic carbocycles. The molecule has 2 amide bonds. The van der Waals surface area contributed by atoms with Gasteiger partial charge in [-0.3, -0.25) is 4.90 Å². The molecule has 4 bridgehead atoms. The molecule has 0 saturated carbocycles. The quantitative estimate of drug-likeness (QED) is 0.630. The van der Waals surface area contributed by atoms with Gasteiger partial charge in [0, 0.05) is 68.5 Å². The van der Waals surface area contributed by atoms with Crippen molar-refractivity contribution in [2.24, 2.45) is 0 Å². The molecular formula is C27H40F2N4O4. The fourth-order valence-electron chi connectivity index (χ4n) is 5.46. The molecule has 4 fully saturated rings. The van der Waals surface area contributed by atoms with Gasteiger partial charge in [-0.05, 0) is 60.5 Å². The predicted molar refractivity (Wildman–Crippen MR) is 135 cm³/mol. The molecular weight excluding hydrogens is 482 g/mol. The smallest absolute Gasteiger partial charge is 0.410 e. The summed E-state index contributed by atoms with van der Waals surface area (Å²) in [6.45, 7) is 14.7. The Balaban J connectivity index is 0.000000195. The molecule has 4 heterocycles. The summed E-state index contributed by atoms with van der Waals surface area (Å²) in [5.41, 5.74) is -0.398. The predicted octanol–water partition coefficient (Wildman–Crippen LogP) is 4.13. The summed E-state index contributed by atoms with van der Waals surface area (Å²) in [7, 11) is 0. The van der Waals surface area contributed by atoms with Gasteiger partial charge in [0.1, 0.15) is 22.8 Å². The average molecular weight is 523 g/mol. The molecule has 1 N–H and O–H groups in total. The van der Waals surface area contributed by atoms with E-state index < -0.39 is 17.2 Å². The molecule has 8 nitrogen and oxygen atoms in total. The van der Waals surface area contributed by atoms with Crippen molar-refractivity contribution < 1.29 is 27.8 Å². The second-order valence-corrected chi connectivity index (χ2v) is 12.5. The van der Waals surface area contributed by atoms with Gasteiger partial charge in [0.05, 0.1) is 0 Å². The highest BCUT2D eigenvalue weighted by Gasteiger charge is 2.46. The topological polar surface area (TPSA) is 74.3 Å². The maximum Gasteiger partial charge on any atom is 0.410 e. The zero-order chi connectivity index (χ0) is 27.1. The van der Waals surface area contributed by atoms with E-state index in [0.717, 1.165) is 32.0 Å². The molecule has 0 spiro atoms. The number of amides is 2. The van der Waals surface area contributed by atoms with Gasteiger partial charge in [0.15, 0.2) is 0 Å². The molecule has 206 valence electrons. The molecule has 4 aliphatic heterocycles. The van der Waals surface area contributed by atoms with Crippen molar-refractivity contribution in [1.82, 2.24) is 20.0 Å². The number of carbonyl (C=O) groups is 2. The molecule has 5 rings (SSSR count). The Bertz CT molecular complexity index is 1010. The molecule has 0 radical (unpaired) electrons. The SMILES string of the molecule is CC(C)(C)OC(=O)N1C[C@@H]2C[C@H]1CN2.CC(C)(C)OC(=O)N1C[C@@H]2C[C@H]1CN2Cc1ccc(F)cc1F. The number of benzene rings is 1. The fourth-order valence-corrected chi connectivity index (χ4v) is 5.46. The van der Waals surface area contributed by atoms with Gasteiger partial charge in [-0.1, -0.05) is 6.07 Å². The minimum absolute atomic E-state index is 0.110. The summed E-state index contributed by atoms with van der Waals surface area (Å²) < 4.78 is 37.5. The Labute approximate surface area is 218 Å². The first-order chi connectivity index (χ1) is 17.2. The Hall–Kier alpha value is -2.46. The number of hydrogen-bond donors (Lipinski definition) is 1. The van der Waals surface area contributed by atoms with Gasteiger partial charge in [-0.25, -0.2) is 18.4 Å². The van der Waals surface area contributed by atoms with Crippen molar-refractivity contribution in [2.45, 2.75) is 96.3 Å². The molecule has 4 aliphatic rings. The van der Waals surface area contributed by atoms with Gasteiger partial charge in [-0.15, -0.1) is 0 Å². The van der Waals surface area contributed by atoms with Crippen molar-refractivity contribution in [1.29, 1.82) is 0 Å². The number of fused-ring (bicyclic) bond motifs is 4. The van der Waals surface area contributed by atoms with Gasteiger partial charge in [0.25, 0.3) is 0 Å². The standard InChI is InChI=1S/C17H22F2N2O2.C10H18N2O2/c1-17(2,3)23-16(22)21-10-13-7-14(21)9-20(13)8-11-4-5-12(18)6-15(11)19;1-10(2,3)14-9(13)12-6-7-4-8(12)5-11-7/h4-6,13-14H,7-10H2,1-3H3;7-8,11H,4-6H2,1-3H3/t13-,14-;7-,8-/m00/s1.